The molecule has 2 aliphatic carbocycles. The number of carbonyl (C=O) groups excluding carboxylic acids is 1. The van der Waals surface area contributed by atoms with Gasteiger partial charge >= 0.3 is 0 Å². The first-order chi connectivity index (χ1) is 15.0. The molecular weight excluding hydrogens is 386 g/mol. The summed E-state index contributed by atoms with van der Waals surface area (Å²) >= 11 is 0. The van der Waals surface area contributed by atoms with Gasteiger partial charge < -0.3 is 14.8 Å². The first kappa shape index (κ1) is 21.7. The third kappa shape index (κ3) is 6.25. The minimum absolute atomic E-state index is 0.0103. The molecule has 1 unspecified atom stereocenters. The second kappa shape index (κ2) is 10.2. The van der Waals surface area contributed by atoms with Crippen LogP contribution in [0, 0.1) is 5.92 Å². The number of carbonyl (C=O) groups is 1. The average molecular weight is 422 g/mol. The minimum Gasteiger partial charge on any atom is -0.490 e. The van der Waals surface area contributed by atoms with Crippen LogP contribution in [-0.2, 0) is 11.2 Å². The summed E-state index contributed by atoms with van der Waals surface area (Å²) in [6, 6.07) is 16.9. The lowest BCUT2D eigenvalue weighted by atomic mass is 9.83. The molecule has 2 aromatic rings. The topological polar surface area (TPSA) is 47.6 Å². The maximum Gasteiger partial charge on any atom is 0.217 e. The van der Waals surface area contributed by atoms with Gasteiger partial charge in [-0.1, -0.05) is 24.3 Å². The van der Waals surface area contributed by atoms with E-state index < -0.39 is 0 Å². The highest BCUT2D eigenvalue weighted by Gasteiger charge is 2.24. The molecule has 0 saturated heterocycles. The Morgan fingerprint density at radius 1 is 0.903 bits per heavy atom. The van der Waals surface area contributed by atoms with Gasteiger partial charge in [-0.05, 0) is 99.6 Å². The summed E-state index contributed by atoms with van der Waals surface area (Å²) in [4.78, 5) is 11.3. The lowest BCUT2D eigenvalue weighted by molar-refractivity contribution is -0.119. The van der Waals surface area contributed by atoms with E-state index in [0.717, 1.165) is 36.3 Å². The molecule has 3 atom stereocenters. The Bertz CT molecular complexity index is 842. The molecule has 2 aromatic carbocycles. The van der Waals surface area contributed by atoms with Crippen LogP contribution in [0.15, 0.2) is 48.5 Å². The molecule has 0 spiro atoms. The lowest BCUT2D eigenvalue weighted by Crippen LogP contribution is -2.26. The maximum atomic E-state index is 11.3. The molecule has 1 amide bonds. The molecule has 2 fully saturated rings. The smallest absolute Gasteiger partial charge is 0.217 e. The number of nitrogens with one attached hydrogen (secondary N) is 1. The van der Waals surface area contributed by atoms with Crippen LogP contribution in [0.25, 0.3) is 0 Å². The van der Waals surface area contributed by atoms with Crippen LogP contribution < -0.4 is 14.8 Å². The van der Waals surface area contributed by atoms with Gasteiger partial charge in [0.25, 0.3) is 0 Å². The van der Waals surface area contributed by atoms with Crippen molar-refractivity contribution in [3.8, 4) is 11.5 Å². The van der Waals surface area contributed by atoms with Crippen LogP contribution >= 0.6 is 0 Å². The van der Waals surface area contributed by atoms with Crippen molar-refractivity contribution in [2.24, 2.45) is 5.92 Å². The van der Waals surface area contributed by atoms with Gasteiger partial charge in [0, 0.05) is 6.92 Å². The van der Waals surface area contributed by atoms with Gasteiger partial charge in [0.2, 0.25) is 5.91 Å². The summed E-state index contributed by atoms with van der Waals surface area (Å²) in [6.07, 6.45) is 10.2. The largest absolute Gasteiger partial charge is 0.490 e. The number of benzene rings is 2. The molecular formula is C27H35NO3. The van der Waals surface area contributed by atoms with Crippen molar-refractivity contribution in [3.05, 3.63) is 59.7 Å². The SMILES string of the molecule is CC(=O)N[C@@H](C)c1ccc(O[C@@H]2CCCC(Cc3ccc(OC4CCC4)cc3)C2)cc1. The monoisotopic (exact) mass is 421 g/mol. The molecule has 0 bridgehead atoms. The summed E-state index contributed by atoms with van der Waals surface area (Å²) in [7, 11) is 0. The van der Waals surface area contributed by atoms with E-state index in [1.807, 2.05) is 31.2 Å². The number of rotatable bonds is 8. The predicted octanol–water partition coefficient (Wildman–Crippen LogP) is 6.00. The summed E-state index contributed by atoms with van der Waals surface area (Å²) in [5, 5.41) is 2.92. The third-order valence-electron chi connectivity index (χ3n) is 6.64. The summed E-state index contributed by atoms with van der Waals surface area (Å²) in [5.74, 6) is 2.58. The number of amides is 1. The zero-order valence-electron chi connectivity index (χ0n) is 18.8. The van der Waals surface area contributed by atoms with E-state index in [1.54, 1.807) is 6.92 Å². The molecule has 0 heterocycles. The van der Waals surface area contributed by atoms with E-state index >= 15 is 0 Å². The van der Waals surface area contributed by atoms with E-state index in [4.69, 9.17) is 9.47 Å². The number of hydrogen-bond acceptors (Lipinski definition) is 3. The highest BCUT2D eigenvalue weighted by Crippen LogP contribution is 2.31. The van der Waals surface area contributed by atoms with Crippen LogP contribution in [0.1, 0.15) is 76.0 Å². The third-order valence-corrected chi connectivity index (χ3v) is 6.64. The fraction of sp³-hybridized carbons (Fsp3) is 0.519. The molecule has 4 rings (SSSR count). The quantitative estimate of drug-likeness (QED) is 0.569. The zero-order chi connectivity index (χ0) is 21.6. The van der Waals surface area contributed by atoms with Gasteiger partial charge in [-0.15, -0.1) is 0 Å². The van der Waals surface area contributed by atoms with Crippen molar-refractivity contribution in [1.29, 1.82) is 0 Å². The molecule has 4 heteroatoms. The molecule has 1 N–H and O–H groups in total. The van der Waals surface area contributed by atoms with Crippen molar-refractivity contribution >= 4 is 5.91 Å². The van der Waals surface area contributed by atoms with E-state index in [2.05, 4.69) is 29.6 Å². The van der Waals surface area contributed by atoms with Crippen LogP contribution in [-0.4, -0.2) is 18.1 Å². The minimum atomic E-state index is -0.0124. The zero-order valence-corrected chi connectivity index (χ0v) is 18.8. The standard InChI is InChI=1S/C27H35NO3/c1-19(28-20(2)29)23-11-15-26(16-12-23)31-27-8-3-5-22(18-27)17-21-9-13-25(14-10-21)30-24-6-4-7-24/h9-16,19,22,24,27H,3-8,17-18H2,1-2H3,(H,28,29)/t19-,22?,27+/m0/s1. The Kier molecular flexibility index (Phi) is 7.16. The molecule has 0 radical (unpaired) electrons. The van der Waals surface area contributed by atoms with Crippen LogP contribution in [0.3, 0.4) is 0 Å². The number of ether oxygens (including phenoxy) is 2. The summed E-state index contributed by atoms with van der Waals surface area (Å²) in [5.41, 5.74) is 2.48. The second-order valence-corrected chi connectivity index (χ2v) is 9.28. The van der Waals surface area contributed by atoms with Gasteiger partial charge in [0.1, 0.15) is 11.5 Å². The Balaban J connectivity index is 1.26. The first-order valence-electron chi connectivity index (χ1n) is 11.8. The Morgan fingerprint density at radius 3 is 2.10 bits per heavy atom. The predicted molar refractivity (Wildman–Crippen MR) is 123 cm³/mol. The van der Waals surface area contributed by atoms with Gasteiger partial charge in [-0.25, -0.2) is 0 Å². The van der Waals surface area contributed by atoms with Crippen molar-refractivity contribution in [2.75, 3.05) is 0 Å². The van der Waals surface area contributed by atoms with Crippen molar-refractivity contribution < 1.29 is 14.3 Å². The Hall–Kier alpha value is -2.49. The molecule has 0 aromatic heterocycles. The van der Waals surface area contributed by atoms with E-state index in [-0.39, 0.29) is 18.1 Å². The molecule has 166 valence electrons. The molecule has 2 aliphatic rings. The van der Waals surface area contributed by atoms with Gasteiger partial charge in [-0.3, -0.25) is 4.79 Å². The van der Waals surface area contributed by atoms with E-state index in [9.17, 15) is 4.79 Å². The summed E-state index contributed by atoms with van der Waals surface area (Å²) in [6.45, 7) is 3.54. The molecule has 0 aliphatic heterocycles. The summed E-state index contributed by atoms with van der Waals surface area (Å²) < 4.78 is 12.3. The Morgan fingerprint density at radius 2 is 1.48 bits per heavy atom. The van der Waals surface area contributed by atoms with E-state index in [1.165, 1.54) is 37.7 Å². The molecule has 2 saturated carbocycles. The second-order valence-electron chi connectivity index (χ2n) is 9.28. The van der Waals surface area contributed by atoms with Crippen LogP contribution in [0.5, 0.6) is 11.5 Å². The maximum absolute atomic E-state index is 11.3. The average Bonchev–Trinajstić information content (AvgIpc) is 2.72. The van der Waals surface area contributed by atoms with Gasteiger partial charge in [-0.2, -0.15) is 0 Å². The van der Waals surface area contributed by atoms with Crippen molar-refractivity contribution in [1.82, 2.24) is 5.32 Å². The van der Waals surface area contributed by atoms with Gasteiger partial charge in [0.15, 0.2) is 0 Å². The van der Waals surface area contributed by atoms with Crippen molar-refractivity contribution in [2.45, 2.75) is 83.5 Å². The fourth-order valence-corrected chi connectivity index (χ4v) is 4.67. The number of hydrogen-bond donors (Lipinski definition) is 1. The highest BCUT2D eigenvalue weighted by atomic mass is 16.5. The van der Waals surface area contributed by atoms with Crippen molar-refractivity contribution in [3.63, 3.8) is 0 Å². The molecule has 4 nitrogen and oxygen atoms in total. The lowest BCUT2D eigenvalue weighted by Gasteiger charge is -2.30. The fourth-order valence-electron chi connectivity index (χ4n) is 4.67. The highest BCUT2D eigenvalue weighted by molar-refractivity contribution is 5.73. The van der Waals surface area contributed by atoms with Crippen LogP contribution in [0.2, 0.25) is 0 Å². The first-order valence-corrected chi connectivity index (χ1v) is 11.8. The van der Waals surface area contributed by atoms with Gasteiger partial charge in [0.05, 0.1) is 18.2 Å². The van der Waals surface area contributed by atoms with E-state index in [0.29, 0.717) is 12.0 Å². The Labute approximate surface area is 186 Å². The molecule has 31 heavy (non-hydrogen) atoms. The van der Waals surface area contributed by atoms with Crippen LogP contribution in [0.4, 0.5) is 0 Å². The normalized spacial score (nSPS) is 22.3.